The first-order valence-corrected chi connectivity index (χ1v) is 12.1. The van der Waals surface area contributed by atoms with E-state index in [0.717, 1.165) is 19.4 Å². The molecular formula is C24H49NO2. The summed E-state index contributed by atoms with van der Waals surface area (Å²) in [5, 5.41) is 12.5. The zero-order valence-corrected chi connectivity index (χ0v) is 18.7. The number of nitrogens with one attached hydrogen (secondary N) is 1. The Kier molecular flexibility index (Phi) is 19.7. The largest absolute Gasteiger partial charge is 0.480 e. The number of carboxylic acids is 1. The highest BCUT2D eigenvalue weighted by atomic mass is 16.4. The number of unbranched alkanes of at least 4 members (excludes halogenated alkanes) is 15. The second-order valence-corrected chi connectivity index (χ2v) is 8.46. The molecule has 0 aromatic rings. The highest BCUT2D eigenvalue weighted by molar-refractivity contribution is 5.73. The summed E-state index contributed by atoms with van der Waals surface area (Å²) in [5.74, 6) is -0.510. The van der Waals surface area contributed by atoms with E-state index in [1.807, 2.05) is 6.92 Å². The maximum absolute atomic E-state index is 11.2. The summed E-state index contributed by atoms with van der Waals surface area (Å²) in [5.41, 5.74) is 0. The second-order valence-electron chi connectivity index (χ2n) is 8.46. The van der Waals surface area contributed by atoms with Crippen LogP contribution in [0.4, 0.5) is 0 Å². The molecule has 27 heavy (non-hydrogen) atoms. The van der Waals surface area contributed by atoms with Crippen LogP contribution in [0.1, 0.15) is 130 Å². The monoisotopic (exact) mass is 383 g/mol. The van der Waals surface area contributed by atoms with Crippen LogP contribution in [0.3, 0.4) is 0 Å². The van der Waals surface area contributed by atoms with Crippen molar-refractivity contribution in [2.75, 3.05) is 6.54 Å². The van der Waals surface area contributed by atoms with Crippen molar-refractivity contribution < 1.29 is 9.90 Å². The first-order chi connectivity index (χ1) is 13.1. The molecule has 0 fully saturated rings. The van der Waals surface area contributed by atoms with Crippen LogP contribution in [-0.4, -0.2) is 23.7 Å². The summed E-state index contributed by atoms with van der Waals surface area (Å²) >= 11 is 0. The third-order valence-corrected chi connectivity index (χ3v) is 5.87. The molecule has 0 heterocycles. The van der Waals surface area contributed by atoms with Crippen molar-refractivity contribution >= 4 is 5.97 Å². The number of carbonyl (C=O) groups is 1. The minimum Gasteiger partial charge on any atom is -0.480 e. The van der Waals surface area contributed by atoms with Crippen molar-refractivity contribution in [2.24, 2.45) is 5.92 Å². The Morgan fingerprint density at radius 1 is 0.704 bits per heavy atom. The molecule has 0 rings (SSSR count). The first-order valence-electron chi connectivity index (χ1n) is 12.1. The number of hydrogen-bond donors (Lipinski definition) is 2. The van der Waals surface area contributed by atoms with Crippen molar-refractivity contribution in [1.82, 2.24) is 5.32 Å². The average Bonchev–Trinajstić information content (AvgIpc) is 2.66. The number of aliphatic carboxylic acids is 1. The Labute approximate surface area is 170 Å². The summed E-state index contributed by atoms with van der Waals surface area (Å²) < 4.78 is 0. The fourth-order valence-electron chi connectivity index (χ4n) is 3.70. The molecule has 3 nitrogen and oxygen atoms in total. The van der Waals surface area contributed by atoms with Gasteiger partial charge >= 0.3 is 5.97 Å². The van der Waals surface area contributed by atoms with Crippen LogP contribution in [0.25, 0.3) is 0 Å². The van der Waals surface area contributed by atoms with Gasteiger partial charge in [-0.25, -0.2) is 0 Å². The van der Waals surface area contributed by atoms with E-state index < -0.39 is 5.97 Å². The predicted molar refractivity (Wildman–Crippen MR) is 118 cm³/mol. The topological polar surface area (TPSA) is 49.3 Å². The molecule has 3 heteroatoms. The highest BCUT2D eigenvalue weighted by Gasteiger charge is 2.21. The Morgan fingerprint density at radius 3 is 1.41 bits per heavy atom. The van der Waals surface area contributed by atoms with E-state index in [4.69, 9.17) is 0 Å². The van der Waals surface area contributed by atoms with Crippen molar-refractivity contribution in [1.29, 1.82) is 0 Å². The van der Waals surface area contributed by atoms with Crippen LogP contribution < -0.4 is 5.32 Å². The van der Waals surface area contributed by atoms with Gasteiger partial charge in [-0.2, -0.15) is 0 Å². The highest BCUT2D eigenvalue weighted by Crippen LogP contribution is 2.14. The van der Waals surface area contributed by atoms with Gasteiger partial charge in [0.05, 0.1) is 0 Å². The molecule has 0 amide bonds. The molecule has 0 aliphatic rings. The van der Waals surface area contributed by atoms with Crippen LogP contribution in [0.2, 0.25) is 0 Å². The van der Waals surface area contributed by atoms with Crippen molar-refractivity contribution in [3.05, 3.63) is 0 Å². The Morgan fingerprint density at radius 2 is 1.07 bits per heavy atom. The van der Waals surface area contributed by atoms with Crippen LogP contribution in [0.5, 0.6) is 0 Å². The lowest BCUT2D eigenvalue weighted by Gasteiger charge is -2.20. The van der Waals surface area contributed by atoms with E-state index in [-0.39, 0.29) is 12.0 Å². The quantitative estimate of drug-likeness (QED) is 0.204. The van der Waals surface area contributed by atoms with Crippen LogP contribution in [0, 0.1) is 5.92 Å². The summed E-state index contributed by atoms with van der Waals surface area (Å²) in [6, 6.07) is -0.383. The van der Waals surface area contributed by atoms with Crippen LogP contribution in [-0.2, 0) is 4.79 Å². The van der Waals surface area contributed by atoms with E-state index in [0.29, 0.717) is 0 Å². The molecule has 0 saturated carbocycles. The molecule has 0 aromatic carbocycles. The molecule has 0 spiro atoms. The van der Waals surface area contributed by atoms with Gasteiger partial charge in [-0.15, -0.1) is 0 Å². The van der Waals surface area contributed by atoms with Gasteiger partial charge in [0.1, 0.15) is 6.04 Å². The predicted octanol–water partition coefficient (Wildman–Crippen LogP) is 7.34. The molecule has 162 valence electrons. The van der Waals surface area contributed by atoms with E-state index in [1.165, 1.54) is 96.3 Å². The van der Waals surface area contributed by atoms with Gasteiger partial charge in [0.2, 0.25) is 0 Å². The lowest BCUT2D eigenvalue weighted by Crippen LogP contribution is -2.42. The third kappa shape index (κ3) is 17.3. The Balaban J connectivity index is 3.26. The van der Waals surface area contributed by atoms with Crippen molar-refractivity contribution in [3.63, 3.8) is 0 Å². The summed E-state index contributed by atoms with van der Waals surface area (Å²) in [6.07, 6.45) is 22.8. The fourth-order valence-corrected chi connectivity index (χ4v) is 3.70. The average molecular weight is 384 g/mol. The number of hydrogen-bond acceptors (Lipinski definition) is 2. The van der Waals surface area contributed by atoms with E-state index in [9.17, 15) is 9.90 Å². The smallest absolute Gasteiger partial charge is 0.320 e. The van der Waals surface area contributed by atoms with Crippen molar-refractivity contribution in [2.45, 2.75) is 136 Å². The van der Waals surface area contributed by atoms with E-state index >= 15 is 0 Å². The Bertz CT molecular complexity index is 320. The van der Waals surface area contributed by atoms with E-state index in [2.05, 4.69) is 19.2 Å². The SMILES string of the molecule is CCCCCCCCCCCCCCCCCCNC(C(=O)O)C(C)CC. The molecule has 0 aromatic heterocycles. The molecule has 2 unspecified atom stereocenters. The van der Waals surface area contributed by atoms with Gasteiger partial charge in [-0.05, 0) is 18.9 Å². The minimum atomic E-state index is -0.708. The van der Waals surface area contributed by atoms with Gasteiger partial charge in [-0.1, -0.05) is 124 Å². The van der Waals surface area contributed by atoms with Crippen molar-refractivity contribution in [3.8, 4) is 0 Å². The zero-order chi connectivity index (χ0) is 20.2. The van der Waals surface area contributed by atoms with Gasteiger partial charge < -0.3 is 10.4 Å². The normalized spacial score (nSPS) is 13.6. The van der Waals surface area contributed by atoms with Crippen LogP contribution in [0.15, 0.2) is 0 Å². The maximum atomic E-state index is 11.2. The lowest BCUT2D eigenvalue weighted by molar-refractivity contribution is -0.140. The maximum Gasteiger partial charge on any atom is 0.320 e. The fraction of sp³-hybridized carbons (Fsp3) is 0.958. The minimum absolute atomic E-state index is 0.198. The number of carboxylic acid groups (broad SMARTS) is 1. The molecule has 2 atom stereocenters. The van der Waals surface area contributed by atoms with Gasteiger partial charge in [0.15, 0.2) is 0 Å². The second kappa shape index (κ2) is 20.2. The lowest BCUT2D eigenvalue weighted by atomic mass is 9.99. The summed E-state index contributed by atoms with van der Waals surface area (Å²) in [7, 11) is 0. The zero-order valence-electron chi connectivity index (χ0n) is 18.7. The van der Waals surface area contributed by atoms with Crippen LogP contribution >= 0.6 is 0 Å². The molecule has 0 saturated heterocycles. The summed E-state index contributed by atoms with van der Waals surface area (Å²) in [4.78, 5) is 11.2. The molecule has 0 bridgehead atoms. The molecule has 0 aliphatic carbocycles. The summed E-state index contributed by atoms with van der Waals surface area (Å²) in [6.45, 7) is 7.18. The molecular weight excluding hydrogens is 334 g/mol. The molecule has 0 aliphatic heterocycles. The van der Waals surface area contributed by atoms with Gasteiger partial charge in [0.25, 0.3) is 0 Å². The Hall–Kier alpha value is -0.570. The first kappa shape index (κ1) is 26.4. The molecule has 2 N–H and O–H groups in total. The van der Waals surface area contributed by atoms with Gasteiger partial charge in [0, 0.05) is 0 Å². The third-order valence-electron chi connectivity index (χ3n) is 5.87. The molecule has 0 radical (unpaired) electrons. The number of rotatable bonds is 21. The standard InChI is InChI=1S/C24H49NO2/c1-4-6-7-8-9-10-11-12-13-14-15-16-17-18-19-20-21-25-23(24(26)27)22(3)5-2/h22-23,25H,4-21H2,1-3H3,(H,26,27). The van der Waals surface area contributed by atoms with Gasteiger partial charge in [-0.3, -0.25) is 4.79 Å². The van der Waals surface area contributed by atoms with E-state index in [1.54, 1.807) is 0 Å².